The molecule has 1 aliphatic rings. The number of aromatic nitrogens is 1. The van der Waals surface area contributed by atoms with Crippen LogP contribution in [0.15, 0.2) is 78.9 Å². The maximum absolute atomic E-state index is 13.4. The first-order chi connectivity index (χ1) is 17.0. The number of hydrogen-bond acceptors (Lipinski definition) is 2. The normalized spacial score (nSPS) is 15.9. The van der Waals surface area contributed by atoms with Crippen molar-refractivity contribution >= 4 is 22.7 Å². The number of benzene rings is 3. The first-order valence-corrected chi connectivity index (χ1v) is 12.3. The number of rotatable bonds is 8. The molecule has 0 radical (unpaired) electrons. The lowest BCUT2D eigenvalue weighted by Crippen LogP contribution is -2.37. The topological polar surface area (TPSA) is 65.2 Å². The number of carbonyl (C=O) groups is 2. The van der Waals surface area contributed by atoms with E-state index in [1.165, 1.54) is 5.56 Å². The molecule has 2 N–H and O–H groups in total. The summed E-state index contributed by atoms with van der Waals surface area (Å²) in [5, 5.41) is 4.23. The largest absolute Gasteiger partial charge is 0.358 e. The maximum Gasteiger partial charge on any atom is 0.255 e. The molecular weight excluding hydrogens is 434 g/mol. The fraction of sp³-hybridized carbons (Fsp3) is 0.267. The molecule has 5 nitrogen and oxygen atoms in total. The fourth-order valence-electron chi connectivity index (χ4n) is 5.23. The van der Waals surface area contributed by atoms with Crippen molar-refractivity contribution < 1.29 is 9.59 Å². The Kier molecular flexibility index (Phi) is 6.41. The molecule has 0 fully saturated rings. The minimum absolute atomic E-state index is 0.0137. The third kappa shape index (κ3) is 4.59. The van der Waals surface area contributed by atoms with Crippen LogP contribution in [0, 0.1) is 6.92 Å². The van der Waals surface area contributed by atoms with Gasteiger partial charge in [0.2, 0.25) is 5.91 Å². The van der Waals surface area contributed by atoms with Gasteiger partial charge in [-0.1, -0.05) is 66.7 Å². The molecule has 35 heavy (non-hydrogen) atoms. The van der Waals surface area contributed by atoms with Crippen LogP contribution in [0.1, 0.15) is 58.5 Å². The van der Waals surface area contributed by atoms with Crippen LogP contribution >= 0.6 is 0 Å². The van der Waals surface area contributed by atoms with Crippen molar-refractivity contribution in [3.8, 4) is 0 Å². The summed E-state index contributed by atoms with van der Waals surface area (Å²) in [7, 11) is 0. The molecule has 0 spiro atoms. The second-order valence-corrected chi connectivity index (χ2v) is 9.44. The Bertz CT molecular complexity index is 1360. The molecule has 0 saturated heterocycles. The number of nitrogens with one attached hydrogen (secondary N) is 2. The van der Waals surface area contributed by atoms with E-state index in [-0.39, 0.29) is 30.3 Å². The number of nitrogens with zero attached hydrogens (tertiary/aromatic N) is 1. The van der Waals surface area contributed by atoms with Crippen molar-refractivity contribution in [2.24, 2.45) is 0 Å². The number of aryl methyl sites for hydroxylation is 2. The molecule has 5 heteroatoms. The summed E-state index contributed by atoms with van der Waals surface area (Å²) in [4.78, 5) is 31.6. The van der Waals surface area contributed by atoms with Crippen molar-refractivity contribution in [2.45, 2.75) is 45.2 Å². The molecule has 3 aromatic carbocycles. The molecule has 178 valence electrons. The number of hydrogen-bond donors (Lipinski definition) is 2. The van der Waals surface area contributed by atoms with Crippen LogP contribution in [0.4, 0.5) is 0 Å². The van der Waals surface area contributed by atoms with Crippen molar-refractivity contribution in [2.75, 3.05) is 6.54 Å². The van der Waals surface area contributed by atoms with Crippen LogP contribution in [0.25, 0.3) is 10.9 Å². The van der Waals surface area contributed by atoms with E-state index in [1.807, 2.05) is 66.4 Å². The van der Waals surface area contributed by atoms with E-state index in [0.717, 1.165) is 46.1 Å². The van der Waals surface area contributed by atoms with Crippen LogP contribution < -0.4 is 5.32 Å². The molecule has 0 saturated carbocycles. The summed E-state index contributed by atoms with van der Waals surface area (Å²) >= 11 is 0. The van der Waals surface area contributed by atoms with Crippen LogP contribution in [0.2, 0.25) is 0 Å². The van der Waals surface area contributed by atoms with E-state index in [0.29, 0.717) is 6.54 Å². The number of amides is 2. The highest BCUT2D eigenvalue weighted by atomic mass is 16.2. The van der Waals surface area contributed by atoms with Gasteiger partial charge in [-0.05, 0) is 49.9 Å². The Morgan fingerprint density at radius 2 is 1.71 bits per heavy atom. The van der Waals surface area contributed by atoms with Gasteiger partial charge in [0.15, 0.2) is 0 Å². The van der Waals surface area contributed by atoms with E-state index >= 15 is 0 Å². The average Bonchev–Trinajstić information content (AvgIpc) is 3.34. The molecule has 0 unspecified atom stereocenters. The van der Waals surface area contributed by atoms with Crippen molar-refractivity contribution in [3.63, 3.8) is 0 Å². The Morgan fingerprint density at radius 1 is 1.00 bits per heavy atom. The number of carbonyl (C=O) groups excluding carboxylic acids is 2. The molecule has 0 bridgehead atoms. The molecule has 1 aliphatic heterocycles. The first kappa shape index (κ1) is 22.9. The fourth-order valence-corrected chi connectivity index (χ4v) is 5.23. The van der Waals surface area contributed by atoms with Crippen molar-refractivity contribution in [3.05, 3.63) is 107 Å². The average molecular weight is 466 g/mol. The minimum atomic E-state index is -0.210. The highest BCUT2D eigenvalue weighted by molar-refractivity contribution is 6.01. The van der Waals surface area contributed by atoms with Crippen LogP contribution in [-0.4, -0.2) is 34.3 Å². The van der Waals surface area contributed by atoms with Gasteiger partial charge in [0, 0.05) is 46.7 Å². The number of aromatic amines is 1. The third-order valence-electron chi connectivity index (χ3n) is 6.97. The zero-order valence-corrected chi connectivity index (χ0v) is 20.3. The van der Waals surface area contributed by atoms with Gasteiger partial charge in [-0.15, -0.1) is 0 Å². The van der Waals surface area contributed by atoms with Crippen LogP contribution in [-0.2, 0) is 11.2 Å². The van der Waals surface area contributed by atoms with E-state index in [4.69, 9.17) is 0 Å². The predicted octanol–water partition coefficient (Wildman–Crippen LogP) is 5.55. The van der Waals surface area contributed by atoms with E-state index in [1.54, 1.807) is 0 Å². The second kappa shape index (κ2) is 9.79. The molecular formula is C30H31N3O2. The summed E-state index contributed by atoms with van der Waals surface area (Å²) in [6.45, 7) is 4.46. The number of H-pyrrole nitrogens is 1. The summed E-state index contributed by atoms with van der Waals surface area (Å²) in [6.07, 6.45) is 2.07. The SMILES string of the molecule is Cc1[nH]c2ccccc2c1[C@@H]1c2ccccc2C(=O)N1CCC(=O)N[C@@H](C)CCc1ccccc1. The lowest BCUT2D eigenvalue weighted by Gasteiger charge is -2.26. The minimum Gasteiger partial charge on any atom is -0.358 e. The molecule has 2 atom stereocenters. The van der Waals surface area contributed by atoms with E-state index in [2.05, 4.69) is 41.5 Å². The zero-order valence-electron chi connectivity index (χ0n) is 20.3. The smallest absolute Gasteiger partial charge is 0.255 e. The quantitative estimate of drug-likeness (QED) is 0.358. The summed E-state index contributed by atoms with van der Waals surface area (Å²) in [5.41, 5.74) is 6.20. The third-order valence-corrected chi connectivity index (χ3v) is 6.97. The molecule has 5 rings (SSSR count). The van der Waals surface area contributed by atoms with Crippen LogP contribution in [0.3, 0.4) is 0 Å². The Labute approximate surface area is 206 Å². The van der Waals surface area contributed by atoms with Gasteiger partial charge in [-0.3, -0.25) is 9.59 Å². The summed E-state index contributed by atoms with van der Waals surface area (Å²) < 4.78 is 0. The van der Waals surface area contributed by atoms with Gasteiger partial charge in [-0.2, -0.15) is 0 Å². The summed E-state index contributed by atoms with van der Waals surface area (Å²) in [6, 6.07) is 26.2. The van der Waals surface area contributed by atoms with E-state index in [9.17, 15) is 9.59 Å². The number of fused-ring (bicyclic) bond motifs is 2. The number of para-hydroxylation sites is 1. The highest BCUT2D eigenvalue weighted by Gasteiger charge is 2.39. The standard InChI is InChI=1S/C30H31N3O2/c1-20(16-17-22-10-4-3-5-11-22)31-27(34)18-19-33-29(23-12-6-7-13-24(23)30(33)35)28-21(2)32-26-15-9-8-14-25(26)28/h3-15,20,29,32H,16-19H2,1-2H3,(H,31,34)/t20-,29-/m0/s1. The van der Waals surface area contributed by atoms with Crippen LogP contribution in [0.5, 0.6) is 0 Å². The zero-order chi connectivity index (χ0) is 24.4. The van der Waals surface area contributed by atoms with Gasteiger partial charge in [0.05, 0.1) is 6.04 Å². The Hall–Kier alpha value is -3.86. The Balaban J connectivity index is 1.31. The lowest BCUT2D eigenvalue weighted by atomic mass is 9.95. The monoisotopic (exact) mass is 465 g/mol. The van der Waals surface area contributed by atoms with Crippen molar-refractivity contribution in [1.29, 1.82) is 0 Å². The molecule has 2 amide bonds. The second-order valence-electron chi connectivity index (χ2n) is 9.44. The van der Waals surface area contributed by atoms with Gasteiger partial charge in [0.25, 0.3) is 5.91 Å². The van der Waals surface area contributed by atoms with Gasteiger partial charge in [0.1, 0.15) is 0 Å². The maximum atomic E-state index is 13.4. The lowest BCUT2D eigenvalue weighted by molar-refractivity contribution is -0.121. The van der Waals surface area contributed by atoms with Gasteiger partial charge in [-0.25, -0.2) is 0 Å². The molecule has 1 aromatic heterocycles. The predicted molar refractivity (Wildman–Crippen MR) is 139 cm³/mol. The van der Waals surface area contributed by atoms with Crippen molar-refractivity contribution in [1.82, 2.24) is 15.2 Å². The first-order valence-electron chi connectivity index (χ1n) is 12.3. The van der Waals surface area contributed by atoms with Gasteiger partial charge < -0.3 is 15.2 Å². The molecule has 0 aliphatic carbocycles. The Morgan fingerprint density at radius 3 is 2.54 bits per heavy atom. The highest BCUT2D eigenvalue weighted by Crippen LogP contribution is 2.42. The summed E-state index contributed by atoms with van der Waals surface area (Å²) in [5.74, 6) is -0.0380. The molecule has 4 aromatic rings. The van der Waals surface area contributed by atoms with E-state index < -0.39 is 0 Å². The molecule has 2 heterocycles. The van der Waals surface area contributed by atoms with Gasteiger partial charge >= 0.3 is 0 Å².